The van der Waals surface area contributed by atoms with Gasteiger partial charge < -0.3 is 10.6 Å². The lowest BCUT2D eigenvalue weighted by atomic mass is 10.1. The van der Waals surface area contributed by atoms with E-state index in [2.05, 4.69) is 29.1 Å². The zero-order valence-corrected chi connectivity index (χ0v) is 13.0. The second-order valence-corrected chi connectivity index (χ2v) is 6.02. The first kappa shape index (κ1) is 14.0. The van der Waals surface area contributed by atoms with Crippen LogP contribution in [0.1, 0.15) is 16.1 Å². The van der Waals surface area contributed by atoms with E-state index in [1.165, 1.54) is 4.88 Å². The number of hydrogen-bond donors (Lipinski definition) is 1. The Balaban J connectivity index is 2.00. The Morgan fingerprint density at radius 3 is 2.81 bits per heavy atom. The number of para-hydroxylation sites is 1. The van der Waals surface area contributed by atoms with Gasteiger partial charge >= 0.3 is 0 Å². The molecule has 0 amide bonds. The third-order valence-electron chi connectivity index (χ3n) is 3.59. The first-order valence-corrected chi connectivity index (χ1v) is 7.76. The van der Waals surface area contributed by atoms with Gasteiger partial charge in [0.15, 0.2) is 0 Å². The number of pyridine rings is 1. The summed E-state index contributed by atoms with van der Waals surface area (Å²) in [6.07, 6.45) is 0. The summed E-state index contributed by atoms with van der Waals surface area (Å²) in [6.45, 7) is 3.32. The van der Waals surface area contributed by atoms with Crippen molar-refractivity contribution < 1.29 is 0 Å². The number of hydrogen-bond acceptors (Lipinski definition) is 5. The fraction of sp³-hybridized carbons (Fsp3) is 0.250. The zero-order chi connectivity index (χ0) is 14.8. The summed E-state index contributed by atoms with van der Waals surface area (Å²) in [5.41, 5.74) is 10.9. The predicted molar refractivity (Wildman–Crippen MR) is 88.6 cm³/mol. The first-order chi connectivity index (χ1) is 10.2. The van der Waals surface area contributed by atoms with Crippen LogP contribution in [0.3, 0.4) is 0 Å². The van der Waals surface area contributed by atoms with E-state index in [0.717, 1.165) is 34.5 Å². The molecule has 0 atom stereocenters. The summed E-state index contributed by atoms with van der Waals surface area (Å²) >= 11 is 1.68. The molecule has 21 heavy (non-hydrogen) atoms. The van der Waals surface area contributed by atoms with Gasteiger partial charge in [0.2, 0.25) is 0 Å². The maximum atomic E-state index is 5.91. The molecular formula is C16H18N4S. The van der Waals surface area contributed by atoms with Crippen molar-refractivity contribution >= 4 is 28.1 Å². The van der Waals surface area contributed by atoms with E-state index >= 15 is 0 Å². The number of nitrogens with zero attached hydrogens (tertiary/aromatic N) is 3. The topological polar surface area (TPSA) is 55.0 Å². The number of thiazole rings is 1. The van der Waals surface area contributed by atoms with Crippen LogP contribution in [0.2, 0.25) is 0 Å². The van der Waals surface area contributed by atoms with Crippen LogP contribution >= 0.6 is 11.3 Å². The average Bonchev–Trinajstić information content (AvgIpc) is 2.91. The van der Waals surface area contributed by atoms with Gasteiger partial charge in [-0.15, -0.1) is 11.3 Å². The van der Waals surface area contributed by atoms with Gasteiger partial charge in [-0.2, -0.15) is 0 Å². The molecule has 0 unspecified atom stereocenters. The van der Waals surface area contributed by atoms with Crippen molar-refractivity contribution in [2.45, 2.75) is 20.0 Å². The molecule has 5 heteroatoms. The molecule has 0 saturated carbocycles. The molecule has 1 aromatic carbocycles. The lowest BCUT2D eigenvalue weighted by Gasteiger charge is -2.21. The summed E-state index contributed by atoms with van der Waals surface area (Å²) < 4.78 is 0. The molecule has 2 heterocycles. The number of nitrogens with two attached hydrogens (primary N) is 1. The minimum atomic E-state index is 0.485. The lowest BCUT2D eigenvalue weighted by Crippen LogP contribution is -2.20. The van der Waals surface area contributed by atoms with Crippen LogP contribution in [-0.4, -0.2) is 17.0 Å². The minimum Gasteiger partial charge on any atom is -0.354 e. The Morgan fingerprint density at radius 2 is 2.10 bits per heavy atom. The smallest absolute Gasteiger partial charge is 0.133 e. The Labute approximate surface area is 128 Å². The van der Waals surface area contributed by atoms with Crippen LogP contribution in [0.25, 0.3) is 10.9 Å². The molecule has 4 nitrogen and oxygen atoms in total. The summed E-state index contributed by atoms with van der Waals surface area (Å²) in [6, 6.07) is 10.3. The van der Waals surface area contributed by atoms with Crippen LogP contribution in [0.5, 0.6) is 0 Å². The van der Waals surface area contributed by atoms with Gasteiger partial charge in [-0.3, -0.25) is 0 Å². The van der Waals surface area contributed by atoms with Crippen LogP contribution in [0.15, 0.2) is 35.8 Å². The van der Waals surface area contributed by atoms with E-state index in [1.807, 2.05) is 30.6 Å². The number of fused-ring (bicyclic) bond motifs is 1. The van der Waals surface area contributed by atoms with Crippen molar-refractivity contribution in [3.8, 4) is 0 Å². The van der Waals surface area contributed by atoms with Crippen molar-refractivity contribution in [2.75, 3.05) is 11.9 Å². The number of anilines is 1. The van der Waals surface area contributed by atoms with E-state index < -0.39 is 0 Å². The molecule has 0 saturated heterocycles. The van der Waals surface area contributed by atoms with Crippen molar-refractivity contribution in [3.63, 3.8) is 0 Å². The zero-order valence-electron chi connectivity index (χ0n) is 12.2. The molecule has 0 radical (unpaired) electrons. The van der Waals surface area contributed by atoms with Gasteiger partial charge in [0.1, 0.15) is 5.82 Å². The summed E-state index contributed by atoms with van der Waals surface area (Å²) in [5.74, 6) is 0.948. The largest absolute Gasteiger partial charge is 0.354 e. The van der Waals surface area contributed by atoms with Crippen molar-refractivity contribution in [1.82, 2.24) is 9.97 Å². The first-order valence-electron chi connectivity index (χ1n) is 6.88. The SMILES string of the molecule is Cc1ncsc1CN(C)c1nc2ccccc2cc1CN. The van der Waals surface area contributed by atoms with E-state index in [-0.39, 0.29) is 0 Å². The maximum Gasteiger partial charge on any atom is 0.133 e. The van der Waals surface area contributed by atoms with E-state index in [4.69, 9.17) is 10.7 Å². The Kier molecular flexibility index (Phi) is 3.86. The van der Waals surface area contributed by atoms with Gasteiger partial charge in [0.05, 0.1) is 23.3 Å². The third-order valence-corrected chi connectivity index (χ3v) is 4.51. The molecular weight excluding hydrogens is 280 g/mol. The molecule has 108 valence electrons. The lowest BCUT2D eigenvalue weighted by molar-refractivity contribution is 0.885. The summed E-state index contributed by atoms with van der Waals surface area (Å²) in [7, 11) is 2.05. The van der Waals surface area contributed by atoms with Gasteiger partial charge in [0.25, 0.3) is 0 Å². The molecule has 0 aliphatic heterocycles. The highest BCUT2D eigenvalue weighted by Crippen LogP contribution is 2.25. The molecule has 3 rings (SSSR count). The second-order valence-electron chi connectivity index (χ2n) is 5.08. The monoisotopic (exact) mass is 298 g/mol. The van der Waals surface area contributed by atoms with Crippen molar-refractivity contribution in [1.29, 1.82) is 0 Å². The Hall–Kier alpha value is -1.98. The van der Waals surface area contributed by atoms with Crippen molar-refractivity contribution in [2.24, 2.45) is 5.73 Å². The van der Waals surface area contributed by atoms with Crippen LogP contribution in [0, 0.1) is 6.92 Å². The minimum absolute atomic E-state index is 0.485. The summed E-state index contributed by atoms with van der Waals surface area (Å²) in [5, 5.41) is 1.13. The average molecular weight is 298 g/mol. The van der Waals surface area contributed by atoms with Gasteiger partial charge in [-0.05, 0) is 19.1 Å². The maximum absolute atomic E-state index is 5.91. The standard InChI is InChI=1S/C16H18N4S/c1-11-15(21-10-18-11)9-20(2)16-13(8-17)7-12-5-3-4-6-14(12)19-16/h3-7,10H,8-9,17H2,1-2H3. The Morgan fingerprint density at radius 1 is 1.29 bits per heavy atom. The highest BCUT2D eigenvalue weighted by Gasteiger charge is 2.12. The van der Waals surface area contributed by atoms with Crippen LogP contribution in [0.4, 0.5) is 5.82 Å². The van der Waals surface area contributed by atoms with Crippen molar-refractivity contribution in [3.05, 3.63) is 52.0 Å². The predicted octanol–water partition coefficient (Wildman–Crippen LogP) is 3.09. The fourth-order valence-electron chi connectivity index (χ4n) is 2.40. The van der Waals surface area contributed by atoms with Gasteiger partial charge in [0, 0.05) is 29.4 Å². The molecule has 2 N–H and O–H groups in total. The number of rotatable bonds is 4. The van der Waals surface area contributed by atoms with E-state index in [0.29, 0.717) is 6.54 Å². The van der Waals surface area contributed by atoms with E-state index in [9.17, 15) is 0 Å². The molecule has 0 aliphatic carbocycles. The van der Waals surface area contributed by atoms with Gasteiger partial charge in [-0.25, -0.2) is 9.97 Å². The third kappa shape index (κ3) is 2.75. The van der Waals surface area contributed by atoms with Crippen LogP contribution in [-0.2, 0) is 13.1 Å². The molecule has 0 fully saturated rings. The number of aromatic nitrogens is 2. The number of benzene rings is 1. The number of aryl methyl sites for hydroxylation is 1. The summed E-state index contributed by atoms with van der Waals surface area (Å²) in [4.78, 5) is 12.5. The highest BCUT2D eigenvalue weighted by atomic mass is 32.1. The van der Waals surface area contributed by atoms with Gasteiger partial charge in [-0.1, -0.05) is 18.2 Å². The molecule has 0 bridgehead atoms. The molecule has 3 aromatic rings. The highest BCUT2D eigenvalue weighted by molar-refractivity contribution is 7.09. The molecule has 2 aromatic heterocycles. The van der Waals surface area contributed by atoms with E-state index in [1.54, 1.807) is 11.3 Å². The fourth-order valence-corrected chi connectivity index (χ4v) is 3.23. The normalized spacial score (nSPS) is 11.0. The molecule has 0 aliphatic rings. The molecule has 0 spiro atoms. The quantitative estimate of drug-likeness (QED) is 0.804. The van der Waals surface area contributed by atoms with Crippen LogP contribution < -0.4 is 10.6 Å². The Bertz CT molecular complexity index is 766. The second kappa shape index (κ2) is 5.79.